The van der Waals surface area contributed by atoms with E-state index < -0.39 is 47.9 Å². The van der Waals surface area contributed by atoms with Crippen molar-refractivity contribution in [1.29, 1.82) is 0 Å². The molecule has 0 aliphatic rings. The molecule has 202 valence electrons. The van der Waals surface area contributed by atoms with E-state index in [-0.39, 0.29) is 13.0 Å². The van der Waals surface area contributed by atoms with Crippen LogP contribution in [0.2, 0.25) is 0 Å². The summed E-state index contributed by atoms with van der Waals surface area (Å²) in [6.07, 6.45) is -1.39. The molecule has 0 saturated carbocycles. The van der Waals surface area contributed by atoms with Gasteiger partial charge in [0.15, 0.2) is 6.04 Å². The average Bonchev–Trinajstić information content (AvgIpc) is 2.79. The number of carboxylic acids is 1. The maximum atomic E-state index is 13.2. The number of likely N-dealkylation sites (N-methyl/N-ethyl adjacent to an activating group) is 1. The fraction of sp³-hybridized carbons (Fsp3) is 0.600. The lowest BCUT2D eigenvalue weighted by Crippen LogP contribution is -2.52. The first-order valence-corrected chi connectivity index (χ1v) is 11.7. The zero-order valence-electron chi connectivity index (χ0n) is 22.0. The summed E-state index contributed by atoms with van der Waals surface area (Å²) in [6.45, 7) is 8.37. The van der Waals surface area contributed by atoms with Crippen LogP contribution in [0.4, 0.5) is 9.59 Å². The third-order valence-corrected chi connectivity index (χ3v) is 5.05. The van der Waals surface area contributed by atoms with E-state index >= 15 is 0 Å². The van der Waals surface area contributed by atoms with Crippen LogP contribution >= 0.6 is 0 Å². The minimum atomic E-state index is -1.58. The zero-order chi connectivity index (χ0) is 27.5. The highest BCUT2D eigenvalue weighted by atomic mass is 16.6. The Kier molecular flexibility index (Phi) is 12.0. The molecule has 1 rings (SSSR count). The highest BCUT2D eigenvalue weighted by molar-refractivity contribution is 5.84. The molecule has 0 heterocycles. The van der Waals surface area contributed by atoms with E-state index in [1.54, 1.807) is 45.0 Å². The minimum absolute atomic E-state index is 0.0756. The van der Waals surface area contributed by atoms with Gasteiger partial charge in [-0.2, -0.15) is 0 Å². The molecule has 0 bridgehead atoms. The van der Waals surface area contributed by atoms with E-state index in [2.05, 4.69) is 5.32 Å². The lowest BCUT2D eigenvalue weighted by atomic mass is 10.0. The third kappa shape index (κ3) is 10.4. The van der Waals surface area contributed by atoms with Crippen LogP contribution in [-0.2, 0) is 30.2 Å². The highest BCUT2D eigenvalue weighted by Crippen LogP contribution is 2.17. The molecule has 0 saturated heterocycles. The van der Waals surface area contributed by atoms with Crippen molar-refractivity contribution >= 4 is 24.1 Å². The highest BCUT2D eigenvalue weighted by Gasteiger charge is 2.35. The molecule has 0 radical (unpaired) electrons. The van der Waals surface area contributed by atoms with E-state index in [0.29, 0.717) is 17.7 Å². The predicted octanol–water partition coefficient (Wildman–Crippen LogP) is 3.38. The standard InChI is InChI=1S/C25H38N2O9/c1-8-9-14-34-24(32)27(6)19(15-17-10-12-18(33-7)13-11-17)22(30)35-16(2)20(21(28)29)26-23(31)36-25(3,4)5/h10-13,16,19-20H,8-9,14-15H2,1-7H3,(H,26,31)(H,28,29)/t16-,19+,20+/m1/s1. The third-order valence-electron chi connectivity index (χ3n) is 5.05. The number of carbonyl (C=O) groups is 4. The van der Waals surface area contributed by atoms with Crippen molar-refractivity contribution in [2.75, 3.05) is 20.8 Å². The fourth-order valence-electron chi connectivity index (χ4n) is 3.04. The smallest absolute Gasteiger partial charge is 0.410 e. The Morgan fingerprint density at radius 2 is 1.72 bits per heavy atom. The zero-order valence-corrected chi connectivity index (χ0v) is 22.0. The second kappa shape index (κ2) is 14.2. The summed E-state index contributed by atoms with van der Waals surface area (Å²) in [5, 5.41) is 11.8. The molecule has 0 aromatic heterocycles. The number of methoxy groups -OCH3 is 1. The van der Waals surface area contributed by atoms with Crippen LogP contribution < -0.4 is 10.1 Å². The quantitative estimate of drug-likeness (QED) is 0.246. The van der Waals surface area contributed by atoms with E-state index in [4.69, 9.17) is 18.9 Å². The van der Waals surface area contributed by atoms with E-state index in [9.17, 15) is 24.3 Å². The van der Waals surface area contributed by atoms with Crippen molar-refractivity contribution in [3.8, 4) is 5.75 Å². The van der Waals surface area contributed by atoms with Gasteiger partial charge in [-0.15, -0.1) is 0 Å². The first-order chi connectivity index (χ1) is 16.8. The molecule has 0 unspecified atom stereocenters. The largest absolute Gasteiger partial charge is 0.497 e. The summed E-state index contributed by atoms with van der Waals surface area (Å²) in [5.74, 6) is -1.65. The summed E-state index contributed by atoms with van der Waals surface area (Å²) in [6, 6.07) is 4.21. The van der Waals surface area contributed by atoms with Gasteiger partial charge in [-0.3, -0.25) is 4.90 Å². The maximum absolute atomic E-state index is 13.2. The average molecular weight is 511 g/mol. The second-order valence-corrected chi connectivity index (χ2v) is 9.25. The normalized spacial score (nSPS) is 13.5. The van der Waals surface area contributed by atoms with Crippen molar-refractivity contribution in [3.05, 3.63) is 29.8 Å². The summed E-state index contributed by atoms with van der Waals surface area (Å²) >= 11 is 0. The van der Waals surface area contributed by atoms with Gasteiger partial charge in [0.25, 0.3) is 0 Å². The summed E-state index contributed by atoms with van der Waals surface area (Å²) in [7, 11) is 2.93. The van der Waals surface area contributed by atoms with Crippen LogP contribution in [-0.4, -0.2) is 78.7 Å². The fourth-order valence-corrected chi connectivity index (χ4v) is 3.04. The predicted molar refractivity (Wildman–Crippen MR) is 131 cm³/mol. The number of amides is 2. The lowest BCUT2D eigenvalue weighted by molar-refractivity contribution is -0.158. The van der Waals surface area contributed by atoms with Gasteiger partial charge in [0.2, 0.25) is 0 Å². The number of carbonyl (C=O) groups excluding carboxylic acids is 3. The van der Waals surface area contributed by atoms with Gasteiger partial charge >= 0.3 is 24.1 Å². The number of unbranched alkanes of at least 4 members (excludes halogenated alkanes) is 1. The van der Waals surface area contributed by atoms with Crippen molar-refractivity contribution in [2.45, 2.75) is 77.7 Å². The lowest BCUT2D eigenvalue weighted by Gasteiger charge is -2.29. The second-order valence-electron chi connectivity index (χ2n) is 9.25. The van der Waals surface area contributed by atoms with Crippen LogP contribution in [0.5, 0.6) is 5.75 Å². The molecule has 0 aliphatic heterocycles. The van der Waals surface area contributed by atoms with Crippen molar-refractivity contribution in [2.24, 2.45) is 0 Å². The number of hydrogen-bond acceptors (Lipinski definition) is 8. The molecule has 0 spiro atoms. The van der Waals surface area contributed by atoms with E-state index in [1.807, 2.05) is 6.92 Å². The van der Waals surface area contributed by atoms with Crippen molar-refractivity contribution in [1.82, 2.24) is 10.2 Å². The Balaban J connectivity index is 3.06. The summed E-state index contributed by atoms with van der Waals surface area (Å²) < 4.78 is 20.9. The van der Waals surface area contributed by atoms with Gasteiger partial charge in [-0.25, -0.2) is 19.2 Å². The number of nitrogens with zero attached hydrogens (tertiary/aromatic N) is 1. The van der Waals surface area contributed by atoms with Crippen LogP contribution in [0.3, 0.4) is 0 Å². The number of rotatable bonds is 12. The number of benzene rings is 1. The Hall–Kier alpha value is -3.50. The summed E-state index contributed by atoms with van der Waals surface area (Å²) in [5.41, 5.74) is -0.141. The first kappa shape index (κ1) is 30.5. The molecule has 2 amide bonds. The number of aliphatic carboxylic acids is 1. The molecule has 11 nitrogen and oxygen atoms in total. The molecule has 1 aromatic rings. The number of nitrogens with one attached hydrogen (secondary N) is 1. The molecule has 1 aromatic carbocycles. The van der Waals surface area contributed by atoms with E-state index in [1.165, 1.54) is 21.1 Å². The number of carboxylic acid groups (broad SMARTS) is 1. The van der Waals surface area contributed by atoms with Crippen LogP contribution in [0, 0.1) is 0 Å². The molecule has 11 heteroatoms. The monoisotopic (exact) mass is 510 g/mol. The molecule has 0 fully saturated rings. The topological polar surface area (TPSA) is 141 Å². The van der Waals surface area contributed by atoms with Gasteiger partial charge in [-0.05, 0) is 51.8 Å². The van der Waals surface area contributed by atoms with Gasteiger partial charge in [-0.1, -0.05) is 25.5 Å². The molecule has 3 atom stereocenters. The van der Waals surface area contributed by atoms with E-state index in [0.717, 1.165) is 11.3 Å². The number of hydrogen-bond donors (Lipinski definition) is 2. The molecule has 2 N–H and O–H groups in total. The molecule has 36 heavy (non-hydrogen) atoms. The number of alkyl carbamates (subject to hydrolysis) is 1. The van der Waals surface area contributed by atoms with Gasteiger partial charge < -0.3 is 29.4 Å². The van der Waals surface area contributed by atoms with Crippen LogP contribution in [0.1, 0.15) is 53.0 Å². The molecular formula is C25H38N2O9. The SMILES string of the molecule is CCCCOC(=O)N(C)[C@@H](Cc1ccc(OC)cc1)C(=O)O[C@H](C)[C@H](NC(=O)OC(C)(C)C)C(=O)O. The number of ether oxygens (including phenoxy) is 4. The Bertz CT molecular complexity index is 881. The summed E-state index contributed by atoms with van der Waals surface area (Å²) in [4.78, 5) is 50.7. The van der Waals surface area contributed by atoms with Crippen molar-refractivity contribution < 1.29 is 43.2 Å². The molecular weight excluding hydrogens is 472 g/mol. The Morgan fingerprint density at radius 1 is 1.11 bits per heavy atom. The van der Waals surface area contributed by atoms with Gasteiger partial charge in [0, 0.05) is 13.5 Å². The maximum Gasteiger partial charge on any atom is 0.410 e. The van der Waals surface area contributed by atoms with Crippen LogP contribution in [0.25, 0.3) is 0 Å². The van der Waals surface area contributed by atoms with Crippen molar-refractivity contribution in [3.63, 3.8) is 0 Å². The van der Waals surface area contributed by atoms with Crippen LogP contribution in [0.15, 0.2) is 24.3 Å². The first-order valence-electron chi connectivity index (χ1n) is 11.7. The Labute approximate surface area is 212 Å². The molecule has 0 aliphatic carbocycles. The number of esters is 1. The Morgan fingerprint density at radius 3 is 2.22 bits per heavy atom. The minimum Gasteiger partial charge on any atom is -0.497 e. The van der Waals surface area contributed by atoms with Gasteiger partial charge in [0.1, 0.15) is 23.5 Å². The van der Waals surface area contributed by atoms with Gasteiger partial charge in [0.05, 0.1) is 13.7 Å².